The number of methoxy groups -OCH3 is 1. The highest BCUT2D eigenvalue weighted by Gasteiger charge is 2.14. The molecule has 0 saturated heterocycles. The fraction of sp³-hybridized carbons (Fsp3) is 0.312. The summed E-state index contributed by atoms with van der Waals surface area (Å²) in [6, 6.07) is 5.31. The molecule has 1 heterocycles. The summed E-state index contributed by atoms with van der Waals surface area (Å²) in [4.78, 5) is 22.3. The van der Waals surface area contributed by atoms with Crippen molar-refractivity contribution in [1.82, 2.24) is 14.9 Å². The van der Waals surface area contributed by atoms with Crippen LogP contribution in [0.3, 0.4) is 0 Å². The van der Waals surface area contributed by atoms with Crippen molar-refractivity contribution >= 4 is 29.0 Å². The van der Waals surface area contributed by atoms with Gasteiger partial charge in [0, 0.05) is 18.8 Å². The van der Waals surface area contributed by atoms with Crippen molar-refractivity contribution in [3.63, 3.8) is 0 Å². The number of nitrogens with one attached hydrogen (secondary N) is 1. The largest absolute Gasteiger partial charge is 0.495 e. The third kappa shape index (κ3) is 4.10. The van der Waals surface area contributed by atoms with E-state index in [0.29, 0.717) is 35.4 Å². The van der Waals surface area contributed by atoms with Crippen LogP contribution in [-0.4, -0.2) is 41.0 Å². The van der Waals surface area contributed by atoms with E-state index in [1.165, 1.54) is 12.4 Å². The molecule has 0 aliphatic rings. The zero-order chi connectivity index (χ0) is 16.8. The van der Waals surface area contributed by atoms with Crippen LogP contribution >= 0.6 is 11.6 Å². The molecule has 1 aromatic heterocycles. The number of hydrogen-bond acceptors (Lipinski definition) is 5. The smallest absolute Gasteiger partial charge is 0.274 e. The summed E-state index contributed by atoms with van der Waals surface area (Å²) in [6.45, 7) is 5.14. The summed E-state index contributed by atoms with van der Waals surface area (Å²) < 4.78 is 5.11. The standard InChI is InChI=1S/C16H19ClN4O2/c1-4-21(5-2)16(22)13-9-19-15(10-18-13)20-11-6-7-14(23-3)12(17)8-11/h6-10H,4-5H2,1-3H3,(H,19,20). The van der Waals surface area contributed by atoms with Crippen molar-refractivity contribution in [2.24, 2.45) is 0 Å². The van der Waals surface area contributed by atoms with E-state index in [-0.39, 0.29) is 5.91 Å². The Morgan fingerprint density at radius 1 is 1.26 bits per heavy atom. The van der Waals surface area contributed by atoms with Crippen molar-refractivity contribution in [1.29, 1.82) is 0 Å². The maximum atomic E-state index is 12.2. The molecule has 0 radical (unpaired) electrons. The van der Waals surface area contributed by atoms with Crippen molar-refractivity contribution in [2.45, 2.75) is 13.8 Å². The van der Waals surface area contributed by atoms with Gasteiger partial charge in [-0.05, 0) is 32.0 Å². The number of hydrogen-bond donors (Lipinski definition) is 1. The predicted octanol–water partition coefficient (Wildman–Crippen LogP) is 3.36. The molecule has 0 atom stereocenters. The highest BCUT2D eigenvalue weighted by atomic mass is 35.5. The van der Waals surface area contributed by atoms with Crippen LogP contribution < -0.4 is 10.1 Å². The molecule has 0 aliphatic carbocycles. The third-order valence-electron chi connectivity index (χ3n) is 3.35. The normalized spacial score (nSPS) is 10.3. The zero-order valence-electron chi connectivity index (χ0n) is 13.3. The van der Waals surface area contributed by atoms with Gasteiger partial charge in [-0.1, -0.05) is 11.6 Å². The van der Waals surface area contributed by atoms with Crippen molar-refractivity contribution in [3.8, 4) is 5.75 Å². The van der Waals surface area contributed by atoms with Gasteiger partial charge in [0.15, 0.2) is 0 Å². The van der Waals surface area contributed by atoms with E-state index in [4.69, 9.17) is 16.3 Å². The van der Waals surface area contributed by atoms with Crippen LogP contribution in [-0.2, 0) is 0 Å². The monoisotopic (exact) mass is 334 g/mol. The van der Waals surface area contributed by atoms with Gasteiger partial charge in [-0.2, -0.15) is 0 Å². The van der Waals surface area contributed by atoms with Gasteiger partial charge in [-0.3, -0.25) is 4.79 Å². The number of carbonyl (C=O) groups is 1. The molecule has 2 rings (SSSR count). The molecule has 0 spiro atoms. The van der Waals surface area contributed by atoms with Gasteiger partial charge in [0.05, 0.1) is 24.5 Å². The average molecular weight is 335 g/mol. The molecule has 1 amide bonds. The molecule has 1 N–H and O–H groups in total. The molecule has 0 fully saturated rings. The fourth-order valence-corrected chi connectivity index (χ4v) is 2.33. The van der Waals surface area contributed by atoms with E-state index in [1.54, 1.807) is 24.1 Å². The quantitative estimate of drug-likeness (QED) is 0.877. The van der Waals surface area contributed by atoms with Crippen LogP contribution in [0, 0.1) is 0 Å². The number of halogens is 1. The molecule has 7 heteroatoms. The average Bonchev–Trinajstić information content (AvgIpc) is 2.57. The molecule has 0 bridgehead atoms. The lowest BCUT2D eigenvalue weighted by Gasteiger charge is -2.17. The molecule has 23 heavy (non-hydrogen) atoms. The second kappa shape index (κ2) is 7.78. The minimum Gasteiger partial charge on any atom is -0.495 e. The van der Waals surface area contributed by atoms with Crippen LogP contribution in [0.5, 0.6) is 5.75 Å². The molecule has 1 aromatic carbocycles. The lowest BCUT2D eigenvalue weighted by atomic mass is 10.3. The molecule has 0 aliphatic heterocycles. The predicted molar refractivity (Wildman–Crippen MR) is 90.6 cm³/mol. The topological polar surface area (TPSA) is 67.4 Å². The van der Waals surface area contributed by atoms with Gasteiger partial charge >= 0.3 is 0 Å². The van der Waals surface area contributed by atoms with E-state index >= 15 is 0 Å². The highest BCUT2D eigenvalue weighted by Crippen LogP contribution is 2.28. The summed E-state index contributed by atoms with van der Waals surface area (Å²) in [7, 11) is 1.56. The number of aromatic nitrogens is 2. The maximum Gasteiger partial charge on any atom is 0.274 e. The van der Waals surface area contributed by atoms with Gasteiger partial charge in [-0.15, -0.1) is 0 Å². The Morgan fingerprint density at radius 2 is 2.00 bits per heavy atom. The van der Waals surface area contributed by atoms with Gasteiger partial charge in [0.25, 0.3) is 5.91 Å². The van der Waals surface area contributed by atoms with Gasteiger partial charge in [-0.25, -0.2) is 9.97 Å². The Balaban J connectivity index is 2.11. The minimum absolute atomic E-state index is 0.124. The molecular formula is C16H19ClN4O2. The highest BCUT2D eigenvalue weighted by molar-refractivity contribution is 6.32. The number of nitrogens with zero attached hydrogens (tertiary/aromatic N) is 3. The van der Waals surface area contributed by atoms with Crippen LogP contribution in [0.2, 0.25) is 5.02 Å². The lowest BCUT2D eigenvalue weighted by molar-refractivity contribution is 0.0766. The Hall–Kier alpha value is -2.34. The Labute approximate surface area is 140 Å². The number of amides is 1. The number of carbonyl (C=O) groups excluding carboxylic acids is 1. The molecule has 122 valence electrons. The van der Waals surface area contributed by atoms with E-state index in [0.717, 1.165) is 5.69 Å². The lowest BCUT2D eigenvalue weighted by Crippen LogP contribution is -2.31. The third-order valence-corrected chi connectivity index (χ3v) is 3.64. The first kappa shape index (κ1) is 17.0. The number of ether oxygens (including phenoxy) is 1. The Bertz CT molecular complexity index is 672. The van der Waals surface area contributed by atoms with Gasteiger partial charge in [0.1, 0.15) is 17.3 Å². The number of anilines is 2. The first-order valence-electron chi connectivity index (χ1n) is 7.30. The van der Waals surface area contributed by atoms with Gasteiger partial charge in [0.2, 0.25) is 0 Å². The van der Waals surface area contributed by atoms with E-state index < -0.39 is 0 Å². The second-order valence-electron chi connectivity index (χ2n) is 4.74. The van der Waals surface area contributed by atoms with Crippen molar-refractivity contribution in [3.05, 3.63) is 41.3 Å². The summed E-state index contributed by atoms with van der Waals surface area (Å²) in [5.41, 5.74) is 1.08. The molecule has 0 saturated carbocycles. The fourth-order valence-electron chi connectivity index (χ4n) is 2.07. The van der Waals surface area contributed by atoms with Crippen LogP contribution in [0.1, 0.15) is 24.3 Å². The summed E-state index contributed by atoms with van der Waals surface area (Å²) in [6.07, 6.45) is 2.99. The van der Waals surface area contributed by atoms with Gasteiger partial charge < -0.3 is 15.0 Å². The minimum atomic E-state index is -0.124. The SMILES string of the molecule is CCN(CC)C(=O)c1cnc(Nc2ccc(OC)c(Cl)c2)cn1. The second-order valence-corrected chi connectivity index (χ2v) is 5.15. The first-order valence-corrected chi connectivity index (χ1v) is 7.68. The number of rotatable bonds is 6. The summed E-state index contributed by atoms with van der Waals surface area (Å²) in [5.74, 6) is 1.01. The molecular weight excluding hydrogens is 316 g/mol. The maximum absolute atomic E-state index is 12.2. The van der Waals surface area contributed by atoms with E-state index in [9.17, 15) is 4.79 Å². The Kier molecular flexibility index (Phi) is 5.76. The zero-order valence-corrected chi connectivity index (χ0v) is 14.1. The molecule has 2 aromatic rings. The summed E-state index contributed by atoms with van der Waals surface area (Å²) >= 11 is 6.08. The molecule has 0 unspecified atom stereocenters. The van der Waals surface area contributed by atoms with Crippen LogP contribution in [0.4, 0.5) is 11.5 Å². The van der Waals surface area contributed by atoms with E-state index in [2.05, 4.69) is 15.3 Å². The van der Waals surface area contributed by atoms with Crippen molar-refractivity contribution in [2.75, 3.05) is 25.5 Å². The van der Waals surface area contributed by atoms with Crippen LogP contribution in [0.25, 0.3) is 0 Å². The Morgan fingerprint density at radius 3 is 2.52 bits per heavy atom. The van der Waals surface area contributed by atoms with Crippen LogP contribution in [0.15, 0.2) is 30.6 Å². The summed E-state index contributed by atoms with van der Waals surface area (Å²) in [5, 5.41) is 3.58. The van der Waals surface area contributed by atoms with Crippen molar-refractivity contribution < 1.29 is 9.53 Å². The number of benzene rings is 1. The first-order chi connectivity index (χ1) is 11.1. The van der Waals surface area contributed by atoms with E-state index in [1.807, 2.05) is 19.9 Å². The molecule has 6 nitrogen and oxygen atoms in total.